The number of nitrogens with two attached hydrogens (primary N) is 1. The van der Waals surface area contributed by atoms with Crippen LogP contribution in [0.1, 0.15) is 104 Å². The van der Waals surface area contributed by atoms with E-state index in [1.165, 1.54) is 0 Å². The Kier molecular flexibility index (Phi) is 21.6. The maximum Gasteiger partial charge on any atom is 0.408 e. The minimum Gasteiger partial charge on any atom is -0.465 e. The van der Waals surface area contributed by atoms with Crippen molar-refractivity contribution < 1.29 is 28.6 Å². The van der Waals surface area contributed by atoms with Crippen molar-refractivity contribution >= 4 is 18.0 Å². The molecule has 1 aliphatic rings. The zero-order chi connectivity index (χ0) is 27.0. The summed E-state index contributed by atoms with van der Waals surface area (Å²) in [5.74, 6) is -0.661. The SMILES string of the molecule is C=CCCCCC[C@H](N)C(=O)OCC.C=CCCCCC[C@H](NC(=O)OC1CCCC1)C(=O)OCC. The highest BCUT2D eigenvalue weighted by Gasteiger charge is 2.25. The monoisotopic (exact) mass is 510 g/mol. The molecule has 0 aromatic carbocycles. The van der Waals surface area contributed by atoms with E-state index in [4.69, 9.17) is 19.9 Å². The lowest BCUT2D eigenvalue weighted by Crippen LogP contribution is -2.43. The number of carbonyl (C=O) groups is 3. The number of carbonyl (C=O) groups excluding carboxylic acids is 3. The number of amides is 1. The van der Waals surface area contributed by atoms with Crippen LogP contribution in [0.5, 0.6) is 0 Å². The first-order chi connectivity index (χ1) is 17.4. The molecule has 0 radical (unpaired) electrons. The van der Waals surface area contributed by atoms with Gasteiger partial charge in [0, 0.05) is 0 Å². The molecule has 0 aromatic heterocycles. The lowest BCUT2D eigenvalue weighted by Gasteiger charge is -2.19. The first-order valence-electron chi connectivity index (χ1n) is 13.7. The van der Waals surface area contributed by atoms with Crippen LogP contribution in [0.3, 0.4) is 0 Å². The van der Waals surface area contributed by atoms with Gasteiger partial charge in [0.2, 0.25) is 0 Å². The molecule has 208 valence electrons. The van der Waals surface area contributed by atoms with Gasteiger partial charge >= 0.3 is 18.0 Å². The van der Waals surface area contributed by atoms with Gasteiger partial charge in [0.15, 0.2) is 0 Å². The maximum atomic E-state index is 11.9. The Morgan fingerprint density at radius 2 is 1.39 bits per heavy atom. The van der Waals surface area contributed by atoms with Crippen LogP contribution in [0.2, 0.25) is 0 Å². The van der Waals surface area contributed by atoms with Crippen LogP contribution in [-0.4, -0.2) is 49.4 Å². The molecule has 0 saturated heterocycles. The molecular formula is C28H50N2O6. The summed E-state index contributed by atoms with van der Waals surface area (Å²) < 4.78 is 15.2. The largest absolute Gasteiger partial charge is 0.465 e. The Bertz CT molecular complexity index is 619. The Hall–Kier alpha value is -2.35. The van der Waals surface area contributed by atoms with Crippen molar-refractivity contribution in [3.8, 4) is 0 Å². The third kappa shape index (κ3) is 18.0. The van der Waals surface area contributed by atoms with Crippen molar-refractivity contribution in [2.45, 2.75) is 122 Å². The number of ether oxygens (including phenoxy) is 3. The topological polar surface area (TPSA) is 117 Å². The standard InChI is InChI=1S/C17H29NO4.C11H21NO2/c1-3-5-6-7-8-13-15(16(19)21-4-2)18-17(20)22-14-11-9-10-12-14;1-3-5-6-7-8-9-10(12)11(13)14-4-2/h3,14-15H,1,4-13H2,2H3,(H,18,20);3,10H,1,4-9,12H2,2H3/t15-;10-/m00/s1. The van der Waals surface area contributed by atoms with Crippen molar-refractivity contribution in [3.63, 3.8) is 0 Å². The van der Waals surface area contributed by atoms with E-state index < -0.39 is 18.2 Å². The third-order valence-electron chi connectivity index (χ3n) is 5.85. The van der Waals surface area contributed by atoms with Crippen molar-refractivity contribution in [1.29, 1.82) is 0 Å². The number of nitrogens with one attached hydrogen (secondary N) is 1. The van der Waals surface area contributed by atoms with Crippen LogP contribution >= 0.6 is 0 Å². The maximum absolute atomic E-state index is 11.9. The fourth-order valence-corrected chi connectivity index (χ4v) is 3.84. The Labute approximate surface area is 218 Å². The van der Waals surface area contributed by atoms with Gasteiger partial charge < -0.3 is 25.3 Å². The molecule has 2 atom stereocenters. The van der Waals surface area contributed by atoms with Gasteiger partial charge in [-0.1, -0.05) is 37.8 Å². The minimum atomic E-state index is -0.613. The van der Waals surface area contributed by atoms with Crippen LogP contribution < -0.4 is 11.1 Å². The normalized spacial score (nSPS) is 14.5. The van der Waals surface area contributed by atoms with Crippen LogP contribution in [0, 0.1) is 0 Å². The van der Waals surface area contributed by atoms with Crippen LogP contribution in [0.4, 0.5) is 4.79 Å². The molecule has 8 nitrogen and oxygen atoms in total. The number of hydrogen-bond donors (Lipinski definition) is 2. The average molecular weight is 511 g/mol. The van der Waals surface area contributed by atoms with Gasteiger partial charge in [-0.05, 0) is 78.1 Å². The van der Waals surface area contributed by atoms with Gasteiger partial charge in [-0.15, -0.1) is 13.2 Å². The molecule has 1 aliphatic carbocycles. The average Bonchev–Trinajstić information content (AvgIpc) is 3.36. The van der Waals surface area contributed by atoms with Gasteiger partial charge in [0.25, 0.3) is 0 Å². The molecule has 36 heavy (non-hydrogen) atoms. The summed E-state index contributed by atoms with van der Waals surface area (Å²) in [5, 5.41) is 2.66. The molecule has 0 heterocycles. The van der Waals surface area contributed by atoms with E-state index in [0.717, 1.165) is 83.5 Å². The van der Waals surface area contributed by atoms with Crippen molar-refractivity contribution in [3.05, 3.63) is 25.3 Å². The molecule has 0 aromatic rings. The first-order valence-corrected chi connectivity index (χ1v) is 13.7. The predicted octanol–water partition coefficient (Wildman–Crippen LogP) is 5.74. The van der Waals surface area contributed by atoms with Crippen LogP contribution in [0.25, 0.3) is 0 Å². The first kappa shape index (κ1) is 33.7. The quantitative estimate of drug-likeness (QED) is 0.105. The molecule has 0 aliphatic heterocycles. The Morgan fingerprint density at radius 1 is 0.861 bits per heavy atom. The molecule has 1 amide bonds. The molecule has 0 spiro atoms. The molecule has 1 saturated carbocycles. The van der Waals surface area contributed by atoms with Crippen molar-refractivity contribution in [2.75, 3.05) is 13.2 Å². The molecule has 1 fully saturated rings. The van der Waals surface area contributed by atoms with Crippen molar-refractivity contribution in [2.24, 2.45) is 5.73 Å². The summed E-state index contributed by atoms with van der Waals surface area (Å²) in [6, 6.07) is -1.06. The molecular weight excluding hydrogens is 460 g/mol. The number of allylic oxidation sites excluding steroid dienone is 2. The van der Waals surface area contributed by atoms with E-state index >= 15 is 0 Å². The predicted molar refractivity (Wildman–Crippen MR) is 143 cm³/mol. The number of rotatable bonds is 18. The van der Waals surface area contributed by atoms with Gasteiger partial charge in [-0.3, -0.25) is 4.79 Å². The van der Waals surface area contributed by atoms with E-state index in [-0.39, 0.29) is 18.0 Å². The Morgan fingerprint density at radius 3 is 1.92 bits per heavy atom. The summed E-state index contributed by atoms with van der Waals surface area (Å²) in [7, 11) is 0. The lowest BCUT2D eigenvalue weighted by molar-refractivity contribution is -0.146. The van der Waals surface area contributed by atoms with Crippen molar-refractivity contribution in [1.82, 2.24) is 5.32 Å². The second kappa shape index (κ2) is 23.1. The number of alkyl carbamates (subject to hydrolysis) is 1. The molecule has 0 unspecified atom stereocenters. The van der Waals surface area contributed by atoms with E-state index in [9.17, 15) is 14.4 Å². The number of unbranched alkanes of at least 4 members (excludes halogenated alkanes) is 6. The second-order valence-electron chi connectivity index (χ2n) is 8.97. The molecule has 3 N–H and O–H groups in total. The second-order valence-corrected chi connectivity index (χ2v) is 8.97. The van der Waals surface area contributed by atoms with Crippen LogP contribution in [0.15, 0.2) is 25.3 Å². The highest BCUT2D eigenvalue weighted by molar-refractivity contribution is 5.81. The zero-order valence-corrected chi connectivity index (χ0v) is 22.6. The smallest absolute Gasteiger partial charge is 0.408 e. The van der Waals surface area contributed by atoms with Gasteiger partial charge in [-0.25, -0.2) is 9.59 Å². The number of esters is 2. The van der Waals surface area contributed by atoms with E-state index in [1.54, 1.807) is 13.8 Å². The summed E-state index contributed by atoms with van der Waals surface area (Å²) in [5.41, 5.74) is 5.62. The summed E-state index contributed by atoms with van der Waals surface area (Å²) in [6.45, 7) is 11.6. The molecule has 8 heteroatoms. The fraction of sp³-hybridized carbons (Fsp3) is 0.750. The summed E-state index contributed by atoms with van der Waals surface area (Å²) >= 11 is 0. The van der Waals surface area contributed by atoms with Gasteiger partial charge in [0.05, 0.1) is 13.2 Å². The van der Waals surface area contributed by atoms with Gasteiger partial charge in [-0.2, -0.15) is 0 Å². The highest BCUT2D eigenvalue weighted by Crippen LogP contribution is 2.21. The van der Waals surface area contributed by atoms with Gasteiger partial charge in [0.1, 0.15) is 18.2 Å². The lowest BCUT2D eigenvalue weighted by atomic mass is 10.1. The van der Waals surface area contributed by atoms with E-state index in [0.29, 0.717) is 19.6 Å². The summed E-state index contributed by atoms with van der Waals surface area (Å²) in [6.07, 6.45) is 16.7. The zero-order valence-electron chi connectivity index (χ0n) is 22.6. The Balaban J connectivity index is 0.000000757. The molecule has 0 bridgehead atoms. The van der Waals surface area contributed by atoms with E-state index in [1.807, 2.05) is 12.2 Å². The van der Waals surface area contributed by atoms with Crippen LogP contribution in [-0.2, 0) is 23.8 Å². The third-order valence-corrected chi connectivity index (χ3v) is 5.85. The fourth-order valence-electron chi connectivity index (χ4n) is 3.84. The highest BCUT2D eigenvalue weighted by atomic mass is 16.6. The molecule has 1 rings (SSSR count). The minimum absolute atomic E-state index is 0.00423. The van der Waals surface area contributed by atoms with E-state index in [2.05, 4.69) is 18.5 Å². The summed E-state index contributed by atoms with van der Waals surface area (Å²) in [4.78, 5) is 34.9. The number of hydrogen-bond acceptors (Lipinski definition) is 7.